The quantitative estimate of drug-likeness (QED) is 0.543. The van der Waals surface area contributed by atoms with Crippen LogP contribution in [-0.4, -0.2) is 56.7 Å². The van der Waals surface area contributed by atoms with Gasteiger partial charge in [0.1, 0.15) is 17.1 Å². The minimum Gasteiger partial charge on any atom is -0.394 e. The maximum atomic E-state index is 12.5. The third-order valence-electron chi connectivity index (χ3n) is 5.87. The van der Waals surface area contributed by atoms with Crippen molar-refractivity contribution in [2.24, 2.45) is 0 Å². The van der Waals surface area contributed by atoms with Gasteiger partial charge in [-0.1, -0.05) is 18.2 Å². The second-order valence-corrected chi connectivity index (χ2v) is 9.64. The normalized spacial score (nSPS) is 20.3. The highest BCUT2D eigenvalue weighted by Gasteiger charge is 2.19. The summed E-state index contributed by atoms with van der Waals surface area (Å²) >= 11 is 0. The van der Waals surface area contributed by atoms with Gasteiger partial charge in [0.05, 0.1) is 23.5 Å². The molecule has 0 aromatic heterocycles. The van der Waals surface area contributed by atoms with Crippen LogP contribution in [0.5, 0.6) is 0 Å². The van der Waals surface area contributed by atoms with E-state index in [4.69, 9.17) is 5.11 Å². The average molecular weight is 443 g/mol. The molecule has 0 radical (unpaired) electrons. The van der Waals surface area contributed by atoms with E-state index >= 15 is 0 Å². The fourth-order valence-corrected chi connectivity index (χ4v) is 5.00. The van der Waals surface area contributed by atoms with Crippen molar-refractivity contribution in [1.29, 1.82) is 5.26 Å². The van der Waals surface area contributed by atoms with Gasteiger partial charge >= 0.3 is 0 Å². The van der Waals surface area contributed by atoms with Crippen molar-refractivity contribution in [2.45, 2.75) is 50.9 Å². The van der Waals surface area contributed by atoms with Crippen LogP contribution >= 0.6 is 0 Å². The minimum atomic E-state index is -1.60. The molecule has 4 unspecified atom stereocenters. The number of fused-ring (bicyclic) bond motifs is 1. The molecule has 1 saturated heterocycles. The highest BCUT2D eigenvalue weighted by molar-refractivity contribution is 7.89. The summed E-state index contributed by atoms with van der Waals surface area (Å²) in [6.45, 7) is 2.78. The molecule has 6 nitrogen and oxygen atoms in total. The minimum absolute atomic E-state index is 0.0303. The van der Waals surface area contributed by atoms with Crippen LogP contribution in [0.2, 0.25) is 0 Å². The summed E-state index contributed by atoms with van der Waals surface area (Å²) < 4.78 is 12.5. The van der Waals surface area contributed by atoms with Gasteiger partial charge in [-0.3, -0.25) is 4.21 Å². The molecule has 7 heteroatoms. The van der Waals surface area contributed by atoms with E-state index in [0.29, 0.717) is 6.04 Å². The van der Waals surface area contributed by atoms with Gasteiger partial charge in [0.2, 0.25) is 0 Å². The molecule has 0 amide bonds. The molecule has 0 bridgehead atoms. The van der Waals surface area contributed by atoms with Gasteiger partial charge < -0.3 is 20.2 Å². The number of aliphatic hydroxyl groups is 3. The number of nitrogens with zero attached hydrogens (tertiary/aromatic N) is 2. The predicted octanol–water partition coefficient (Wildman–Crippen LogP) is 2.94. The van der Waals surface area contributed by atoms with E-state index in [0.717, 1.165) is 22.9 Å². The molecule has 2 aromatic carbocycles. The molecular weight excluding hydrogens is 412 g/mol. The van der Waals surface area contributed by atoms with Crippen molar-refractivity contribution in [3.8, 4) is 6.07 Å². The lowest BCUT2D eigenvalue weighted by Gasteiger charge is -2.35. The highest BCUT2D eigenvalue weighted by Crippen LogP contribution is 2.28. The van der Waals surface area contributed by atoms with Crippen molar-refractivity contribution in [2.75, 3.05) is 23.8 Å². The van der Waals surface area contributed by atoms with Crippen LogP contribution in [0.15, 0.2) is 41.3 Å². The van der Waals surface area contributed by atoms with Crippen LogP contribution in [0.1, 0.15) is 38.2 Å². The Kier molecular flexibility index (Phi) is 8.22. The topological polar surface area (TPSA) is 105 Å². The number of piperidine rings is 1. The molecule has 4 atom stereocenters. The molecule has 2 aromatic rings. The van der Waals surface area contributed by atoms with Crippen LogP contribution in [0.3, 0.4) is 0 Å². The zero-order valence-corrected chi connectivity index (χ0v) is 18.6. The molecular formula is C24H30N2O4S. The Hall–Kier alpha value is -2.24. The highest BCUT2D eigenvalue weighted by atomic mass is 32.2. The SMILES string of the molecule is CC1CCCCN1c1ccc2cc(/C=C(\C#N)S(=O)CCC(O)C(O)CO)ccc2c1. The zero-order valence-electron chi connectivity index (χ0n) is 17.8. The van der Waals surface area contributed by atoms with E-state index in [9.17, 15) is 19.7 Å². The van der Waals surface area contributed by atoms with Gasteiger partial charge in [-0.2, -0.15) is 5.26 Å². The summed E-state index contributed by atoms with van der Waals surface area (Å²) in [5, 5.41) is 39.6. The van der Waals surface area contributed by atoms with Gasteiger partial charge in [0, 0.05) is 24.0 Å². The fourth-order valence-electron chi connectivity index (χ4n) is 3.95. The molecule has 0 aliphatic carbocycles. The first-order valence-corrected chi connectivity index (χ1v) is 12.0. The van der Waals surface area contributed by atoms with Crippen molar-refractivity contribution in [3.63, 3.8) is 0 Å². The molecule has 1 aliphatic heterocycles. The number of aliphatic hydroxyl groups excluding tert-OH is 3. The Balaban J connectivity index is 1.75. The van der Waals surface area contributed by atoms with Crippen LogP contribution in [0.4, 0.5) is 5.69 Å². The van der Waals surface area contributed by atoms with Crippen LogP contribution in [0.25, 0.3) is 16.8 Å². The fraction of sp³-hybridized carbons (Fsp3) is 0.458. The van der Waals surface area contributed by atoms with E-state index in [2.05, 4.69) is 30.0 Å². The average Bonchev–Trinajstić information content (AvgIpc) is 2.80. The molecule has 3 N–H and O–H groups in total. The molecule has 31 heavy (non-hydrogen) atoms. The van der Waals surface area contributed by atoms with Crippen LogP contribution in [0, 0.1) is 11.3 Å². The molecule has 0 spiro atoms. The number of anilines is 1. The van der Waals surface area contributed by atoms with Crippen molar-refractivity contribution in [3.05, 3.63) is 46.9 Å². The Bertz CT molecular complexity index is 1000. The molecule has 166 valence electrons. The summed E-state index contributed by atoms with van der Waals surface area (Å²) in [6.07, 6.45) is 2.90. The first kappa shape index (κ1) is 23.4. The van der Waals surface area contributed by atoms with Crippen LogP contribution in [-0.2, 0) is 10.8 Å². The Labute approximate surface area is 185 Å². The Morgan fingerprint density at radius 1 is 1.23 bits per heavy atom. The lowest BCUT2D eigenvalue weighted by atomic mass is 10.0. The molecule has 1 aliphatic rings. The van der Waals surface area contributed by atoms with Gasteiger partial charge in [-0.15, -0.1) is 0 Å². The summed E-state index contributed by atoms with van der Waals surface area (Å²) in [6, 6.07) is 14.8. The summed E-state index contributed by atoms with van der Waals surface area (Å²) in [4.78, 5) is 2.57. The Morgan fingerprint density at radius 3 is 2.68 bits per heavy atom. The van der Waals surface area contributed by atoms with Gasteiger partial charge in [-0.25, -0.2) is 0 Å². The van der Waals surface area contributed by atoms with Gasteiger partial charge in [0.15, 0.2) is 0 Å². The van der Waals surface area contributed by atoms with Crippen LogP contribution < -0.4 is 4.90 Å². The molecule has 1 heterocycles. The lowest BCUT2D eigenvalue weighted by Crippen LogP contribution is -2.37. The number of benzene rings is 2. The van der Waals surface area contributed by atoms with Gasteiger partial charge in [0.25, 0.3) is 0 Å². The van der Waals surface area contributed by atoms with Gasteiger partial charge in [-0.05, 0) is 73.2 Å². The van der Waals surface area contributed by atoms with Crippen molar-refractivity contribution < 1.29 is 19.5 Å². The largest absolute Gasteiger partial charge is 0.394 e. The zero-order chi connectivity index (χ0) is 22.4. The monoisotopic (exact) mass is 442 g/mol. The van der Waals surface area contributed by atoms with Crippen molar-refractivity contribution in [1.82, 2.24) is 0 Å². The standard InChI is InChI=1S/C24H30N2O4S/c1-17-4-2-3-10-26(17)21-8-7-19-12-18(5-6-20(19)14-21)13-22(15-25)31(30)11-9-23(28)24(29)16-27/h5-8,12-14,17,23-24,27-29H,2-4,9-11,16H2,1H3/b22-13+. The lowest BCUT2D eigenvalue weighted by molar-refractivity contribution is -0.0147. The predicted molar refractivity (Wildman–Crippen MR) is 125 cm³/mol. The third kappa shape index (κ3) is 5.92. The smallest absolute Gasteiger partial charge is 0.117 e. The number of allylic oxidation sites excluding steroid dienone is 1. The third-order valence-corrected chi connectivity index (χ3v) is 7.17. The second kappa shape index (κ2) is 10.9. The van der Waals surface area contributed by atoms with E-state index in [1.54, 1.807) is 6.08 Å². The summed E-state index contributed by atoms with van der Waals surface area (Å²) in [5.74, 6) is 0.0303. The second-order valence-electron chi connectivity index (χ2n) is 8.11. The van der Waals surface area contributed by atoms with E-state index in [-0.39, 0.29) is 17.1 Å². The van der Waals surface area contributed by atoms with E-state index in [1.807, 2.05) is 24.3 Å². The first-order valence-electron chi connectivity index (χ1n) is 10.7. The van der Waals surface area contributed by atoms with E-state index in [1.165, 1.54) is 24.9 Å². The molecule has 1 fully saturated rings. The molecule has 0 saturated carbocycles. The first-order chi connectivity index (χ1) is 14.9. The maximum absolute atomic E-state index is 12.5. The Morgan fingerprint density at radius 2 is 1.97 bits per heavy atom. The maximum Gasteiger partial charge on any atom is 0.117 e. The summed E-state index contributed by atoms with van der Waals surface area (Å²) in [7, 11) is -1.60. The van der Waals surface area contributed by atoms with Crippen molar-refractivity contribution >= 4 is 33.3 Å². The van der Waals surface area contributed by atoms with E-state index < -0.39 is 29.6 Å². The number of nitriles is 1. The number of rotatable bonds is 8. The molecule has 3 rings (SSSR count). The summed E-state index contributed by atoms with van der Waals surface area (Å²) in [5.41, 5.74) is 2.01. The number of hydrogen-bond acceptors (Lipinski definition) is 6. The number of hydrogen-bond donors (Lipinski definition) is 3.